The quantitative estimate of drug-likeness (QED) is 0.771. The Kier molecular flexibility index (Phi) is 6.02. The smallest absolute Gasteiger partial charge is 0.311 e. The Labute approximate surface area is 117 Å². The van der Waals surface area contributed by atoms with Crippen LogP contribution in [0.5, 0.6) is 0 Å². The molecule has 0 atom stereocenters. The van der Waals surface area contributed by atoms with E-state index < -0.39 is 11.4 Å². The summed E-state index contributed by atoms with van der Waals surface area (Å²) >= 11 is 1.63. The van der Waals surface area contributed by atoms with Gasteiger partial charge in [-0.05, 0) is 30.7 Å². The molecule has 1 heterocycles. The van der Waals surface area contributed by atoms with E-state index >= 15 is 0 Å². The van der Waals surface area contributed by atoms with Crippen LogP contribution in [0.25, 0.3) is 0 Å². The van der Waals surface area contributed by atoms with Crippen LogP contribution in [0, 0.1) is 5.41 Å². The number of nitrogens with one attached hydrogen (secondary N) is 1. The van der Waals surface area contributed by atoms with Gasteiger partial charge in [0.1, 0.15) is 0 Å². The Hall–Kier alpha value is -1.36. The lowest BCUT2D eigenvalue weighted by molar-refractivity contribution is -0.149. The molecule has 0 bridgehead atoms. The number of rotatable bonds is 8. The molecule has 1 aromatic heterocycles. The van der Waals surface area contributed by atoms with E-state index in [1.54, 1.807) is 11.3 Å². The minimum atomic E-state index is -0.837. The Bertz CT molecular complexity index is 410. The van der Waals surface area contributed by atoms with Gasteiger partial charge in [-0.3, -0.25) is 9.59 Å². The summed E-state index contributed by atoms with van der Waals surface area (Å²) in [5.41, 5.74) is -0.835. The zero-order valence-electron chi connectivity index (χ0n) is 11.4. The molecule has 5 heteroatoms. The monoisotopic (exact) mass is 283 g/mol. The van der Waals surface area contributed by atoms with Gasteiger partial charge in [-0.1, -0.05) is 19.9 Å². The number of thiophene rings is 1. The van der Waals surface area contributed by atoms with Gasteiger partial charge in [0.15, 0.2) is 0 Å². The van der Waals surface area contributed by atoms with E-state index in [0.717, 1.165) is 0 Å². The summed E-state index contributed by atoms with van der Waals surface area (Å²) < 4.78 is 0. The van der Waals surface area contributed by atoms with E-state index in [-0.39, 0.29) is 12.5 Å². The molecular formula is C14H21NO3S. The van der Waals surface area contributed by atoms with Crippen molar-refractivity contribution < 1.29 is 14.7 Å². The van der Waals surface area contributed by atoms with Crippen molar-refractivity contribution in [2.45, 2.75) is 39.5 Å². The van der Waals surface area contributed by atoms with Gasteiger partial charge >= 0.3 is 5.97 Å². The average Bonchev–Trinajstić information content (AvgIpc) is 2.91. The van der Waals surface area contributed by atoms with E-state index in [0.29, 0.717) is 25.7 Å². The Morgan fingerprint density at radius 3 is 2.53 bits per heavy atom. The zero-order chi connectivity index (χ0) is 14.3. The van der Waals surface area contributed by atoms with Gasteiger partial charge in [-0.2, -0.15) is 0 Å². The molecule has 2 N–H and O–H groups in total. The maximum atomic E-state index is 11.7. The molecule has 19 heavy (non-hydrogen) atoms. The largest absolute Gasteiger partial charge is 0.481 e. The number of carbonyl (C=O) groups excluding carboxylic acids is 1. The Morgan fingerprint density at radius 2 is 2.05 bits per heavy atom. The van der Waals surface area contributed by atoms with Crippen molar-refractivity contribution in [3.05, 3.63) is 22.4 Å². The lowest BCUT2D eigenvalue weighted by atomic mass is 9.82. The summed E-state index contributed by atoms with van der Waals surface area (Å²) in [6.07, 6.45) is 2.15. The van der Waals surface area contributed by atoms with Gasteiger partial charge in [0.25, 0.3) is 0 Å². The van der Waals surface area contributed by atoms with Crippen LogP contribution in [-0.2, 0) is 16.0 Å². The maximum absolute atomic E-state index is 11.7. The van der Waals surface area contributed by atoms with E-state index in [9.17, 15) is 14.7 Å². The van der Waals surface area contributed by atoms with E-state index in [1.807, 2.05) is 31.4 Å². The molecule has 0 saturated heterocycles. The van der Waals surface area contributed by atoms with Crippen LogP contribution >= 0.6 is 11.3 Å². The second-order valence-corrected chi connectivity index (χ2v) is 5.68. The fourth-order valence-corrected chi connectivity index (χ4v) is 2.63. The highest BCUT2D eigenvalue weighted by Crippen LogP contribution is 2.25. The molecule has 0 aliphatic rings. The molecule has 1 amide bonds. The number of carbonyl (C=O) groups is 2. The van der Waals surface area contributed by atoms with Crippen molar-refractivity contribution in [1.29, 1.82) is 0 Å². The summed E-state index contributed by atoms with van der Waals surface area (Å²) in [4.78, 5) is 24.2. The molecule has 0 spiro atoms. The molecule has 1 rings (SSSR count). The second kappa shape index (κ2) is 7.28. The van der Waals surface area contributed by atoms with Crippen LogP contribution in [-0.4, -0.2) is 23.5 Å². The van der Waals surface area contributed by atoms with Crippen molar-refractivity contribution in [1.82, 2.24) is 5.32 Å². The number of aryl methyl sites for hydroxylation is 1. The molecule has 0 saturated carbocycles. The van der Waals surface area contributed by atoms with Gasteiger partial charge in [-0.25, -0.2) is 0 Å². The molecule has 0 unspecified atom stereocenters. The number of amides is 1. The van der Waals surface area contributed by atoms with Gasteiger partial charge in [-0.15, -0.1) is 11.3 Å². The average molecular weight is 283 g/mol. The molecule has 0 fully saturated rings. The summed E-state index contributed by atoms with van der Waals surface area (Å²) in [6, 6.07) is 3.96. The zero-order valence-corrected chi connectivity index (χ0v) is 12.3. The predicted molar refractivity (Wildman–Crippen MR) is 76.3 cm³/mol. The van der Waals surface area contributed by atoms with Crippen LogP contribution < -0.4 is 5.32 Å². The fraction of sp³-hybridized carbons (Fsp3) is 0.571. The second-order valence-electron chi connectivity index (χ2n) is 4.65. The highest BCUT2D eigenvalue weighted by Gasteiger charge is 2.34. The number of hydrogen-bond acceptors (Lipinski definition) is 3. The third kappa shape index (κ3) is 4.35. The number of hydrogen-bond donors (Lipinski definition) is 2. The SMILES string of the molecule is CCC(CC)(CNC(=O)CCc1cccs1)C(=O)O. The number of carboxylic acid groups (broad SMARTS) is 1. The minimum absolute atomic E-state index is 0.0825. The van der Waals surface area contributed by atoms with E-state index in [2.05, 4.69) is 5.32 Å². The normalized spacial score (nSPS) is 11.3. The molecular weight excluding hydrogens is 262 g/mol. The summed E-state index contributed by atoms with van der Waals surface area (Å²) in [6.45, 7) is 3.89. The first-order valence-corrected chi connectivity index (χ1v) is 7.44. The maximum Gasteiger partial charge on any atom is 0.311 e. The van der Waals surface area contributed by atoms with Crippen LogP contribution in [0.2, 0.25) is 0 Å². The molecule has 0 aromatic carbocycles. The Morgan fingerprint density at radius 1 is 1.37 bits per heavy atom. The van der Waals surface area contributed by atoms with Crippen molar-refractivity contribution in [2.24, 2.45) is 5.41 Å². The lowest BCUT2D eigenvalue weighted by Crippen LogP contribution is -2.42. The minimum Gasteiger partial charge on any atom is -0.481 e. The Balaban J connectivity index is 2.42. The van der Waals surface area contributed by atoms with Crippen LogP contribution in [0.4, 0.5) is 0 Å². The fourth-order valence-electron chi connectivity index (χ4n) is 1.93. The first-order valence-electron chi connectivity index (χ1n) is 6.56. The first-order chi connectivity index (χ1) is 9.04. The van der Waals surface area contributed by atoms with Crippen molar-refractivity contribution in [3.8, 4) is 0 Å². The van der Waals surface area contributed by atoms with Gasteiger partial charge in [0.05, 0.1) is 5.41 Å². The van der Waals surface area contributed by atoms with Crippen molar-refractivity contribution in [3.63, 3.8) is 0 Å². The summed E-state index contributed by atoms with van der Waals surface area (Å²) in [5.74, 6) is -0.919. The van der Waals surface area contributed by atoms with E-state index in [1.165, 1.54) is 4.88 Å². The predicted octanol–water partition coefficient (Wildman–Crippen LogP) is 2.69. The first kappa shape index (κ1) is 15.7. The number of carboxylic acids is 1. The third-order valence-corrected chi connectivity index (χ3v) is 4.55. The lowest BCUT2D eigenvalue weighted by Gasteiger charge is -2.26. The molecule has 106 valence electrons. The van der Waals surface area contributed by atoms with Gasteiger partial charge in [0.2, 0.25) is 5.91 Å². The van der Waals surface area contributed by atoms with Gasteiger partial charge < -0.3 is 10.4 Å². The summed E-state index contributed by atoms with van der Waals surface area (Å²) in [5, 5.41) is 14.0. The molecule has 4 nitrogen and oxygen atoms in total. The molecule has 1 aromatic rings. The molecule has 0 aliphatic heterocycles. The van der Waals surface area contributed by atoms with Gasteiger partial charge in [0, 0.05) is 17.8 Å². The van der Waals surface area contributed by atoms with Crippen molar-refractivity contribution in [2.75, 3.05) is 6.54 Å². The molecule has 0 aliphatic carbocycles. The third-order valence-electron chi connectivity index (χ3n) is 3.61. The van der Waals surface area contributed by atoms with Crippen molar-refractivity contribution >= 4 is 23.2 Å². The van der Waals surface area contributed by atoms with Crippen LogP contribution in [0.1, 0.15) is 38.0 Å². The molecule has 0 radical (unpaired) electrons. The topological polar surface area (TPSA) is 66.4 Å². The highest BCUT2D eigenvalue weighted by molar-refractivity contribution is 7.09. The highest BCUT2D eigenvalue weighted by atomic mass is 32.1. The van der Waals surface area contributed by atoms with Crippen LogP contribution in [0.3, 0.4) is 0 Å². The summed E-state index contributed by atoms with van der Waals surface area (Å²) in [7, 11) is 0. The van der Waals surface area contributed by atoms with E-state index in [4.69, 9.17) is 0 Å². The standard InChI is InChI=1S/C14H21NO3S/c1-3-14(4-2,13(17)18)10-15-12(16)8-7-11-6-5-9-19-11/h5-6,9H,3-4,7-8,10H2,1-2H3,(H,15,16)(H,17,18). The number of aliphatic carboxylic acids is 1. The van der Waals surface area contributed by atoms with Crippen LogP contribution in [0.15, 0.2) is 17.5 Å².